The standard InChI is InChI=1S/C24H29N5O3S/c1-13-4-5-16-14(8-13)9-20(25-16)22(30)26-18-10-15(32-3)11-19(18)27-23(31)24-28-17-6-7-29(2)12-21(17)33-24/h4-5,8-9,15,18-19,25H,6-7,10-12H2,1-3H3,(H,26,30)(H,27,31)/t15?,18-,19-/m1/s1. The van der Waals surface area contributed by atoms with E-state index >= 15 is 0 Å². The monoisotopic (exact) mass is 467 g/mol. The summed E-state index contributed by atoms with van der Waals surface area (Å²) < 4.78 is 5.56. The van der Waals surface area contributed by atoms with Crippen LogP contribution in [0.15, 0.2) is 24.3 Å². The lowest BCUT2D eigenvalue weighted by Crippen LogP contribution is -2.48. The molecule has 1 saturated carbocycles. The largest absolute Gasteiger partial charge is 0.381 e. The molecule has 33 heavy (non-hydrogen) atoms. The molecule has 9 heteroatoms. The average molecular weight is 468 g/mol. The number of methoxy groups -OCH3 is 1. The van der Waals surface area contributed by atoms with Gasteiger partial charge in [0.15, 0.2) is 5.01 Å². The Labute approximate surface area is 196 Å². The molecular formula is C24H29N5O3S. The Kier molecular flexibility index (Phi) is 5.94. The lowest BCUT2D eigenvalue weighted by molar-refractivity contribution is 0.0889. The van der Waals surface area contributed by atoms with E-state index in [4.69, 9.17) is 4.74 Å². The van der Waals surface area contributed by atoms with Crippen molar-refractivity contribution in [1.82, 2.24) is 25.5 Å². The van der Waals surface area contributed by atoms with E-state index in [9.17, 15) is 9.59 Å². The van der Waals surface area contributed by atoms with Crippen molar-refractivity contribution in [1.29, 1.82) is 0 Å². The fourth-order valence-electron chi connectivity index (χ4n) is 4.77. The third kappa shape index (κ3) is 4.53. The molecule has 1 unspecified atom stereocenters. The van der Waals surface area contributed by atoms with Crippen molar-refractivity contribution in [3.05, 3.63) is 51.1 Å². The fraction of sp³-hybridized carbons (Fsp3) is 0.458. The molecular weight excluding hydrogens is 438 g/mol. The lowest BCUT2D eigenvalue weighted by atomic mass is 10.1. The second-order valence-electron chi connectivity index (χ2n) is 9.14. The number of carbonyl (C=O) groups is 2. The van der Waals surface area contributed by atoms with Crippen LogP contribution in [0.3, 0.4) is 0 Å². The molecule has 2 amide bonds. The summed E-state index contributed by atoms with van der Waals surface area (Å²) in [6.07, 6.45) is 2.13. The van der Waals surface area contributed by atoms with E-state index in [-0.39, 0.29) is 30.0 Å². The molecule has 2 aromatic heterocycles. The number of H-pyrrole nitrogens is 1. The average Bonchev–Trinajstić information content (AvgIpc) is 3.49. The predicted molar refractivity (Wildman–Crippen MR) is 128 cm³/mol. The SMILES string of the molecule is COC1C[C@@H](NC(=O)c2cc3cc(C)ccc3[nH]2)[C@H](NC(=O)c2nc3c(s2)CN(C)CC3)C1. The third-order valence-corrected chi connectivity index (χ3v) is 7.70. The van der Waals surface area contributed by atoms with E-state index in [1.807, 2.05) is 31.2 Å². The highest BCUT2D eigenvalue weighted by molar-refractivity contribution is 7.13. The third-order valence-electron chi connectivity index (χ3n) is 6.62. The van der Waals surface area contributed by atoms with Gasteiger partial charge >= 0.3 is 0 Å². The summed E-state index contributed by atoms with van der Waals surface area (Å²) in [5.41, 5.74) is 3.61. The van der Waals surface area contributed by atoms with Crippen LogP contribution in [-0.4, -0.2) is 65.6 Å². The molecule has 174 valence electrons. The highest BCUT2D eigenvalue weighted by atomic mass is 32.1. The zero-order chi connectivity index (χ0) is 23.1. The maximum atomic E-state index is 13.0. The summed E-state index contributed by atoms with van der Waals surface area (Å²) in [5, 5.41) is 7.72. The zero-order valence-corrected chi connectivity index (χ0v) is 19.9. The number of aromatic nitrogens is 2. The van der Waals surface area contributed by atoms with Gasteiger partial charge in [-0.15, -0.1) is 11.3 Å². The minimum atomic E-state index is -0.222. The number of rotatable bonds is 5. The molecule has 2 aliphatic rings. The van der Waals surface area contributed by atoms with Crippen LogP contribution in [0, 0.1) is 6.92 Å². The van der Waals surface area contributed by atoms with Gasteiger partial charge in [0.1, 0.15) is 5.69 Å². The number of hydrogen-bond acceptors (Lipinski definition) is 6. The number of fused-ring (bicyclic) bond motifs is 2. The molecule has 1 aromatic carbocycles. The van der Waals surface area contributed by atoms with Gasteiger partial charge in [0.25, 0.3) is 11.8 Å². The normalized spacial score (nSPS) is 22.9. The first-order valence-electron chi connectivity index (χ1n) is 11.3. The number of carbonyl (C=O) groups excluding carboxylic acids is 2. The molecule has 0 saturated heterocycles. The number of hydrogen-bond donors (Lipinski definition) is 3. The highest BCUT2D eigenvalue weighted by Gasteiger charge is 2.37. The molecule has 8 nitrogen and oxygen atoms in total. The van der Waals surface area contributed by atoms with Gasteiger partial charge in [0.2, 0.25) is 0 Å². The summed E-state index contributed by atoms with van der Waals surface area (Å²) in [6.45, 7) is 3.82. The molecule has 5 rings (SSSR count). The van der Waals surface area contributed by atoms with Gasteiger partial charge in [-0.3, -0.25) is 9.59 Å². The second-order valence-corrected chi connectivity index (χ2v) is 10.2. The van der Waals surface area contributed by atoms with Crippen molar-refractivity contribution in [2.45, 2.75) is 50.9 Å². The van der Waals surface area contributed by atoms with Gasteiger partial charge in [0, 0.05) is 42.4 Å². The minimum Gasteiger partial charge on any atom is -0.381 e. The Hall–Kier alpha value is -2.75. The molecule has 3 heterocycles. The number of likely N-dealkylation sites (N-methyl/N-ethyl adjacent to an activating group) is 1. The van der Waals surface area contributed by atoms with Crippen LogP contribution < -0.4 is 10.6 Å². The lowest BCUT2D eigenvalue weighted by Gasteiger charge is -2.21. The van der Waals surface area contributed by atoms with E-state index in [0.29, 0.717) is 23.5 Å². The molecule has 0 radical (unpaired) electrons. The molecule has 3 aromatic rings. The van der Waals surface area contributed by atoms with Gasteiger partial charge in [-0.2, -0.15) is 0 Å². The van der Waals surface area contributed by atoms with E-state index in [0.717, 1.165) is 46.5 Å². The Morgan fingerprint density at radius 2 is 1.94 bits per heavy atom. The molecule has 3 N–H and O–H groups in total. The van der Waals surface area contributed by atoms with Gasteiger partial charge in [-0.25, -0.2) is 4.98 Å². The number of amides is 2. The van der Waals surface area contributed by atoms with Gasteiger partial charge in [0.05, 0.1) is 23.9 Å². The van der Waals surface area contributed by atoms with E-state index in [2.05, 4.69) is 32.5 Å². The topological polar surface area (TPSA) is 99.3 Å². The van der Waals surface area contributed by atoms with E-state index < -0.39 is 0 Å². The number of thiazole rings is 1. The number of benzene rings is 1. The first-order valence-corrected chi connectivity index (χ1v) is 12.1. The number of nitrogens with zero attached hydrogens (tertiary/aromatic N) is 2. The Morgan fingerprint density at radius 1 is 1.18 bits per heavy atom. The van der Waals surface area contributed by atoms with Crippen LogP contribution in [0.5, 0.6) is 0 Å². The van der Waals surface area contributed by atoms with Crippen LogP contribution in [0.25, 0.3) is 10.9 Å². The van der Waals surface area contributed by atoms with Crippen molar-refractivity contribution in [2.75, 3.05) is 20.7 Å². The summed E-state index contributed by atoms with van der Waals surface area (Å²) in [5.74, 6) is -0.364. The first-order chi connectivity index (χ1) is 15.9. The van der Waals surface area contributed by atoms with Crippen LogP contribution in [-0.2, 0) is 17.7 Å². The maximum absolute atomic E-state index is 13.0. The van der Waals surface area contributed by atoms with Gasteiger partial charge in [-0.05, 0) is 45.0 Å². The first kappa shape index (κ1) is 22.1. The Balaban J connectivity index is 1.29. The second kappa shape index (κ2) is 8.89. The number of aryl methyl sites for hydroxylation is 1. The summed E-state index contributed by atoms with van der Waals surface area (Å²) in [7, 11) is 3.74. The van der Waals surface area contributed by atoms with Crippen LogP contribution in [0.1, 0.15) is 49.3 Å². The van der Waals surface area contributed by atoms with Crippen LogP contribution in [0.4, 0.5) is 0 Å². The predicted octanol–water partition coefficient (Wildman–Crippen LogP) is 2.63. The van der Waals surface area contributed by atoms with Crippen molar-refractivity contribution in [3.8, 4) is 0 Å². The number of nitrogens with one attached hydrogen (secondary N) is 3. The summed E-state index contributed by atoms with van der Waals surface area (Å²) in [6, 6.07) is 7.47. The summed E-state index contributed by atoms with van der Waals surface area (Å²) in [4.78, 5) is 37.2. The molecule has 3 atom stereocenters. The Morgan fingerprint density at radius 3 is 2.70 bits per heavy atom. The maximum Gasteiger partial charge on any atom is 0.280 e. The fourth-order valence-corrected chi connectivity index (χ4v) is 5.86. The molecule has 1 aliphatic heterocycles. The van der Waals surface area contributed by atoms with Gasteiger partial charge < -0.3 is 25.3 Å². The van der Waals surface area contributed by atoms with E-state index in [1.54, 1.807) is 7.11 Å². The van der Waals surface area contributed by atoms with Crippen molar-refractivity contribution >= 4 is 34.1 Å². The number of ether oxygens (including phenoxy) is 1. The smallest absolute Gasteiger partial charge is 0.280 e. The number of aromatic amines is 1. The molecule has 0 spiro atoms. The van der Waals surface area contributed by atoms with Crippen molar-refractivity contribution < 1.29 is 14.3 Å². The van der Waals surface area contributed by atoms with Crippen LogP contribution >= 0.6 is 11.3 Å². The molecule has 1 aliphatic carbocycles. The highest BCUT2D eigenvalue weighted by Crippen LogP contribution is 2.27. The Bertz CT molecular complexity index is 1200. The van der Waals surface area contributed by atoms with Crippen molar-refractivity contribution in [2.24, 2.45) is 0 Å². The van der Waals surface area contributed by atoms with Crippen molar-refractivity contribution in [3.63, 3.8) is 0 Å². The molecule has 0 bridgehead atoms. The van der Waals surface area contributed by atoms with E-state index in [1.165, 1.54) is 11.3 Å². The summed E-state index contributed by atoms with van der Waals surface area (Å²) >= 11 is 1.46. The quantitative estimate of drug-likeness (QED) is 0.536. The minimum absolute atomic E-state index is 0.0240. The molecule has 1 fully saturated rings. The zero-order valence-electron chi connectivity index (χ0n) is 19.1. The van der Waals surface area contributed by atoms with Gasteiger partial charge in [-0.1, -0.05) is 11.6 Å². The van der Waals surface area contributed by atoms with Crippen LogP contribution in [0.2, 0.25) is 0 Å².